The summed E-state index contributed by atoms with van der Waals surface area (Å²) in [5.41, 5.74) is 14.2. The second-order valence-electron chi connectivity index (χ2n) is 15.5. The van der Waals surface area contributed by atoms with E-state index >= 15 is 4.39 Å². The van der Waals surface area contributed by atoms with E-state index in [0.29, 0.717) is 61.9 Å². The molecule has 4 N–H and O–H groups in total. The van der Waals surface area contributed by atoms with Crippen LogP contribution in [0.5, 0.6) is 0 Å². The number of aryl methyl sites for hydroxylation is 2. The molecule has 1 saturated heterocycles. The van der Waals surface area contributed by atoms with Gasteiger partial charge in [0.25, 0.3) is 0 Å². The average molecular weight is 729 g/mol. The fourth-order valence-electron chi connectivity index (χ4n) is 7.70. The number of amidine groups is 1. The fraction of sp³-hybridized carbons (Fsp3) is 0.556. The van der Waals surface area contributed by atoms with Gasteiger partial charge in [0.1, 0.15) is 17.8 Å². The second kappa shape index (κ2) is 18.1. The van der Waals surface area contributed by atoms with Gasteiger partial charge in [0.2, 0.25) is 0 Å². The molecular weight excluding hydrogens is 664 g/mol. The van der Waals surface area contributed by atoms with Crippen molar-refractivity contribution in [1.82, 2.24) is 0 Å². The van der Waals surface area contributed by atoms with Gasteiger partial charge in [-0.25, -0.2) is 4.39 Å². The van der Waals surface area contributed by atoms with Crippen LogP contribution in [-0.4, -0.2) is 60.1 Å². The van der Waals surface area contributed by atoms with Crippen LogP contribution in [0.15, 0.2) is 69.9 Å². The summed E-state index contributed by atoms with van der Waals surface area (Å²) in [6, 6.07) is 7.54. The van der Waals surface area contributed by atoms with Crippen molar-refractivity contribution in [1.29, 1.82) is 0 Å². The molecule has 0 amide bonds. The van der Waals surface area contributed by atoms with Gasteiger partial charge in [-0.1, -0.05) is 53.3 Å². The van der Waals surface area contributed by atoms with Crippen LogP contribution in [0, 0.1) is 37.4 Å². The molecule has 0 aromatic heterocycles. The van der Waals surface area contributed by atoms with Gasteiger partial charge < -0.3 is 25.6 Å². The summed E-state index contributed by atoms with van der Waals surface area (Å²) in [6.45, 7) is 25.0. The van der Waals surface area contributed by atoms with Crippen LogP contribution in [0.25, 0.3) is 11.1 Å². The number of nitrogens with two attached hydrogens (primary N) is 1. The van der Waals surface area contributed by atoms with Gasteiger partial charge in [-0.05, 0) is 141 Å². The molecule has 2 aromatic carbocycles. The topological polar surface area (TPSA) is 104 Å². The third kappa shape index (κ3) is 9.50. The minimum Gasteiger partial charge on any atom is -0.498 e. The van der Waals surface area contributed by atoms with E-state index in [4.69, 9.17) is 15.5 Å². The lowest BCUT2D eigenvalue weighted by Gasteiger charge is -2.43. The predicted molar refractivity (Wildman–Crippen MR) is 220 cm³/mol. The Morgan fingerprint density at radius 2 is 1.66 bits per heavy atom. The molecule has 290 valence electrons. The Morgan fingerprint density at radius 1 is 1.04 bits per heavy atom. The zero-order valence-electron chi connectivity index (χ0n) is 34.0. The van der Waals surface area contributed by atoms with Crippen molar-refractivity contribution < 1.29 is 19.3 Å². The summed E-state index contributed by atoms with van der Waals surface area (Å²) < 4.78 is 22.1. The molecule has 0 spiro atoms. The number of hydrogen-bond donors (Lipinski definition) is 3. The summed E-state index contributed by atoms with van der Waals surface area (Å²) in [4.78, 5) is 11.7. The van der Waals surface area contributed by atoms with Crippen molar-refractivity contribution in [2.45, 2.75) is 119 Å². The highest BCUT2D eigenvalue weighted by atomic mass is 19.1. The molecule has 2 aromatic rings. The molecule has 4 rings (SSSR count). The van der Waals surface area contributed by atoms with Crippen molar-refractivity contribution >= 4 is 17.2 Å². The highest BCUT2D eigenvalue weighted by Crippen LogP contribution is 2.43. The van der Waals surface area contributed by atoms with Crippen molar-refractivity contribution in [2.24, 2.45) is 33.5 Å². The van der Waals surface area contributed by atoms with E-state index in [1.165, 1.54) is 0 Å². The number of aliphatic hydroxyl groups is 2. The summed E-state index contributed by atoms with van der Waals surface area (Å²) in [6.07, 6.45) is 7.64. The SMILES string of the molecule is C=C(/C(=C\C=C(\OCC)C(C)CC)C(=NC1(C(C)O)CCN(c2cc(-c3c(C)cc(C(O)C(N)=NC)cc3C)cc(F)c2CC)CC1)C(C)C)C1CC1. The summed E-state index contributed by atoms with van der Waals surface area (Å²) in [5, 5.41) is 22.2. The maximum absolute atomic E-state index is 16.0. The van der Waals surface area contributed by atoms with Gasteiger partial charge in [-0.2, -0.15) is 0 Å². The van der Waals surface area contributed by atoms with Gasteiger partial charge >= 0.3 is 0 Å². The van der Waals surface area contributed by atoms with Crippen molar-refractivity contribution in [3.8, 4) is 11.1 Å². The Balaban J connectivity index is 1.74. The smallest absolute Gasteiger partial charge is 0.136 e. The Morgan fingerprint density at radius 3 is 2.15 bits per heavy atom. The molecule has 2 aliphatic rings. The molecule has 53 heavy (non-hydrogen) atoms. The first kappa shape index (κ1) is 42.0. The molecule has 1 saturated carbocycles. The molecule has 2 fully saturated rings. The van der Waals surface area contributed by atoms with Crippen LogP contribution in [0.1, 0.15) is 109 Å². The number of nitrogens with zero attached hydrogens (tertiary/aromatic N) is 3. The van der Waals surface area contributed by atoms with Gasteiger partial charge in [0, 0.05) is 43.0 Å². The number of benzene rings is 2. The minimum atomic E-state index is -1.00. The molecule has 8 heteroatoms. The number of hydrogen-bond acceptors (Lipinski definition) is 6. The maximum Gasteiger partial charge on any atom is 0.136 e. The van der Waals surface area contributed by atoms with Crippen LogP contribution in [0.4, 0.5) is 10.1 Å². The van der Waals surface area contributed by atoms with Crippen LogP contribution < -0.4 is 10.6 Å². The zero-order valence-corrected chi connectivity index (χ0v) is 34.0. The lowest BCUT2D eigenvalue weighted by atomic mass is 9.81. The van der Waals surface area contributed by atoms with E-state index in [1.807, 2.05) is 46.8 Å². The highest BCUT2D eigenvalue weighted by molar-refractivity contribution is 6.05. The van der Waals surface area contributed by atoms with Gasteiger partial charge in [-0.3, -0.25) is 9.98 Å². The summed E-state index contributed by atoms with van der Waals surface area (Å²) in [5.74, 6) is 1.74. The highest BCUT2D eigenvalue weighted by Gasteiger charge is 2.41. The third-order valence-electron chi connectivity index (χ3n) is 11.4. The van der Waals surface area contributed by atoms with Crippen LogP contribution >= 0.6 is 0 Å². The Labute approximate surface area is 318 Å². The Kier molecular flexibility index (Phi) is 14.3. The standard InChI is InChI=1S/C45H65FN4O3/c1-12-28(6)40(53-14-3)18-17-37(31(9)33-15-16-33)42(27(4)5)49-45(32(10)51)19-21-50(22-20-45)39-26-34(25-38(46)36(39)13-2)41-29(7)23-35(24-30(41)8)43(52)44(47)48-11/h17-18,23-28,32-33,43,51-52H,9,12-16,19-22H2,1-8,10-11H3,(H2,47,48)/b37-17+,40-18+,49-42?. The molecule has 3 atom stereocenters. The lowest BCUT2D eigenvalue weighted by molar-refractivity contribution is 0.0845. The molecule has 7 nitrogen and oxygen atoms in total. The number of halogens is 1. The molecule has 1 aliphatic carbocycles. The van der Waals surface area contributed by atoms with E-state index in [2.05, 4.69) is 62.4 Å². The largest absolute Gasteiger partial charge is 0.498 e. The number of piperidine rings is 1. The van der Waals surface area contributed by atoms with Crippen molar-refractivity contribution in [3.63, 3.8) is 0 Å². The van der Waals surface area contributed by atoms with Crippen LogP contribution in [0.3, 0.4) is 0 Å². The molecule has 1 heterocycles. The van der Waals surface area contributed by atoms with Gasteiger partial charge in [-0.15, -0.1) is 0 Å². The second-order valence-corrected chi connectivity index (χ2v) is 15.5. The molecule has 0 bridgehead atoms. The van der Waals surface area contributed by atoms with Gasteiger partial charge in [0.05, 0.1) is 24.0 Å². The molecule has 3 unspecified atom stereocenters. The van der Waals surface area contributed by atoms with Gasteiger partial charge in [0.15, 0.2) is 0 Å². The lowest BCUT2D eigenvalue weighted by Crippen LogP contribution is -2.50. The van der Waals surface area contributed by atoms with E-state index < -0.39 is 17.7 Å². The number of anilines is 1. The van der Waals surface area contributed by atoms with E-state index in [0.717, 1.165) is 69.8 Å². The number of aliphatic hydroxyl groups excluding tert-OH is 2. The predicted octanol–water partition coefficient (Wildman–Crippen LogP) is 9.37. The Hall–Kier alpha value is -3.75. The minimum absolute atomic E-state index is 0.111. The maximum atomic E-state index is 16.0. The Bertz CT molecular complexity index is 1720. The monoisotopic (exact) mass is 729 g/mol. The van der Waals surface area contributed by atoms with E-state index in [9.17, 15) is 10.2 Å². The first-order valence-electron chi connectivity index (χ1n) is 19.7. The zero-order chi connectivity index (χ0) is 39.2. The summed E-state index contributed by atoms with van der Waals surface area (Å²) in [7, 11) is 1.56. The molecular formula is C45H65FN4O3. The number of ether oxygens (including phenoxy) is 1. The van der Waals surface area contributed by atoms with E-state index in [-0.39, 0.29) is 17.6 Å². The number of rotatable bonds is 16. The summed E-state index contributed by atoms with van der Waals surface area (Å²) >= 11 is 0. The average Bonchev–Trinajstić information content (AvgIpc) is 3.98. The number of aliphatic imine (C=N–C) groups is 2. The third-order valence-corrected chi connectivity index (χ3v) is 11.4. The quantitative estimate of drug-likeness (QED) is 0.0692. The molecule has 1 aliphatic heterocycles. The van der Waals surface area contributed by atoms with Crippen LogP contribution in [-0.2, 0) is 11.2 Å². The van der Waals surface area contributed by atoms with E-state index in [1.54, 1.807) is 13.1 Å². The van der Waals surface area contributed by atoms with Crippen LogP contribution in [0.2, 0.25) is 0 Å². The first-order chi connectivity index (χ1) is 25.1. The molecule has 0 radical (unpaired) electrons. The van der Waals surface area contributed by atoms with Crippen molar-refractivity contribution in [2.75, 3.05) is 31.6 Å². The number of allylic oxidation sites excluding steroid dienone is 5. The van der Waals surface area contributed by atoms with Crippen molar-refractivity contribution in [3.05, 3.63) is 88.0 Å². The normalized spacial score (nSPS) is 19.0. The first-order valence-corrected chi connectivity index (χ1v) is 19.7. The fourth-order valence-corrected chi connectivity index (χ4v) is 7.70.